The van der Waals surface area contributed by atoms with Crippen molar-refractivity contribution in [3.8, 4) is 5.69 Å². The van der Waals surface area contributed by atoms with Crippen LogP contribution in [0.2, 0.25) is 0 Å². The average Bonchev–Trinajstić information content (AvgIpc) is 3.67. The zero-order chi connectivity index (χ0) is 28.6. The van der Waals surface area contributed by atoms with Gasteiger partial charge < -0.3 is 20.0 Å². The molecular formula is C27H30N6O6S. The number of aromatic nitrogens is 3. The van der Waals surface area contributed by atoms with Crippen molar-refractivity contribution >= 4 is 27.6 Å². The minimum Gasteiger partial charge on any atom is -0.619 e. The monoisotopic (exact) mass is 566 g/mol. The Labute approximate surface area is 231 Å². The minimum absolute atomic E-state index is 0.0595. The van der Waals surface area contributed by atoms with Crippen LogP contribution >= 0.6 is 0 Å². The van der Waals surface area contributed by atoms with Crippen LogP contribution in [0, 0.1) is 11.1 Å². The van der Waals surface area contributed by atoms with E-state index in [0.717, 1.165) is 16.2 Å². The van der Waals surface area contributed by atoms with Crippen LogP contribution in [0.5, 0.6) is 0 Å². The second kappa shape index (κ2) is 10.8. The fourth-order valence-corrected chi connectivity index (χ4v) is 7.03. The molecule has 5 rings (SSSR count). The molecule has 4 heterocycles. The second-order valence-corrected chi connectivity index (χ2v) is 12.3. The number of Topliss-reactive ketones (excluding diaryl/α,β-unsaturated/α-hetero) is 1. The standard InChI is InChI=1S/C27H30N6O6S/c1-18(2)14-22(29-26(35)19-5-7-20(8-6-19)30-13-10-28-17-30)27(36)32-12-9-23-25(32)24(34)16-33(23)40(38,39)21-4-3-11-31(37)15-21/h3-8,10-11,13,15,17-18,22-23,25H,9,12,14,16H2,1-2H3,(H,29,35). The van der Waals surface area contributed by atoms with E-state index in [1.165, 1.54) is 23.2 Å². The Morgan fingerprint density at radius 3 is 2.60 bits per heavy atom. The van der Waals surface area contributed by atoms with E-state index >= 15 is 0 Å². The Morgan fingerprint density at radius 2 is 1.95 bits per heavy atom. The van der Waals surface area contributed by atoms with Crippen LogP contribution in [0.4, 0.5) is 0 Å². The van der Waals surface area contributed by atoms with Gasteiger partial charge in [0.25, 0.3) is 5.91 Å². The van der Waals surface area contributed by atoms with Crippen LogP contribution in [0.3, 0.4) is 0 Å². The Kier molecular flexibility index (Phi) is 7.43. The number of nitrogens with zero attached hydrogens (tertiary/aromatic N) is 5. The normalized spacial score (nSPS) is 20.1. The maximum Gasteiger partial charge on any atom is 0.251 e. The van der Waals surface area contributed by atoms with Crippen molar-refractivity contribution in [1.82, 2.24) is 24.1 Å². The first kappa shape index (κ1) is 27.5. The van der Waals surface area contributed by atoms with Gasteiger partial charge in [-0.05, 0) is 49.1 Å². The molecule has 0 bridgehead atoms. The van der Waals surface area contributed by atoms with E-state index in [1.807, 2.05) is 13.8 Å². The number of likely N-dealkylation sites (tertiary alicyclic amines) is 1. The number of imidazole rings is 1. The first-order valence-electron chi connectivity index (χ1n) is 13.0. The Balaban J connectivity index is 1.33. The second-order valence-electron chi connectivity index (χ2n) is 10.4. The molecule has 2 fully saturated rings. The average molecular weight is 567 g/mol. The van der Waals surface area contributed by atoms with Crippen molar-refractivity contribution in [3.63, 3.8) is 0 Å². The van der Waals surface area contributed by atoms with Gasteiger partial charge in [-0.3, -0.25) is 14.4 Å². The van der Waals surface area contributed by atoms with E-state index in [0.29, 0.717) is 16.7 Å². The number of carbonyl (C=O) groups excluding carboxylic acids is 3. The Morgan fingerprint density at radius 1 is 1.20 bits per heavy atom. The highest BCUT2D eigenvalue weighted by Crippen LogP contribution is 2.34. The lowest BCUT2D eigenvalue weighted by Gasteiger charge is -2.29. The summed E-state index contributed by atoms with van der Waals surface area (Å²) < 4.78 is 29.8. The van der Waals surface area contributed by atoms with Gasteiger partial charge in [0.1, 0.15) is 17.0 Å². The number of hydrogen-bond acceptors (Lipinski definition) is 7. The maximum absolute atomic E-state index is 13.8. The molecule has 0 saturated carbocycles. The molecule has 2 aromatic heterocycles. The van der Waals surface area contributed by atoms with Gasteiger partial charge in [0.15, 0.2) is 18.2 Å². The van der Waals surface area contributed by atoms with Gasteiger partial charge in [-0.1, -0.05) is 13.8 Å². The lowest BCUT2D eigenvalue weighted by atomic mass is 10.0. The van der Waals surface area contributed by atoms with E-state index in [9.17, 15) is 28.0 Å². The molecule has 3 atom stereocenters. The van der Waals surface area contributed by atoms with Gasteiger partial charge in [-0.2, -0.15) is 9.04 Å². The van der Waals surface area contributed by atoms with Crippen molar-refractivity contribution in [2.45, 2.75) is 49.7 Å². The van der Waals surface area contributed by atoms with E-state index < -0.39 is 45.7 Å². The maximum atomic E-state index is 13.8. The highest BCUT2D eigenvalue weighted by molar-refractivity contribution is 7.89. The summed E-state index contributed by atoms with van der Waals surface area (Å²) in [4.78, 5) is 45.2. The number of hydrogen-bond donors (Lipinski definition) is 1. The lowest BCUT2D eigenvalue weighted by Crippen LogP contribution is -2.53. The number of benzene rings is 1. The fourth-order valence-electron chi connectivity index (χ4n) is 5.39. The zero-order valence-electron chi connectivity index (χ0n) is 22.1. The van der Waals surface area contributed by atoms with Crippen molar-refractivity contribution in [1.29, 1.82) is 0 Å². The predicted octanol–water partition coefficient (Wildman–Crippen LogP) is 0.893. The largest absolute Gasteiger partial charge is 0.619 e. The molecule has 13 heteroatoms. The summed E-state index contributed by atoms with van der Waals surface area (Å²) in [7, 11) is -4.13. The van der Waals surface area contributed by atoms with Gasteiger partial charge in [-0.15, -0.1) is 0 Å². The van der Waals surface area contributed by atoms with Gasteiger partial charge in [0, 0.05) is 36.3 Å². The van der Waals surface area contributed by atoms with Crippen molar-refractivity contribution in [3.05, 3.63) is 78.3 Å². The predicted molar refractivity (Wildman–Crippen MR) is 142 cm³/mol. The molecule has 1 N–H and O–H groups in total. The summed E-state index contributed by atoms with van der Waals surface area (Å²) in [5.41, 5.74) is 1.20. The van der Waals surface area contributed by atoms with Crippen LogP contribution < -0.4 is 10.0 Å². The number of rotatable bonds is 8. The lowest BCUT2D eigenvalue weighted by molar-refractivity contribution is -0.607. The molecule has 1 aromatic carbocycles. The number of carbonyl (C=O) groups is 3. The first-order chi connectivity index (χ1) is 19.1. The number of amides is 2. The Hall–Kier alpha value is -4.10. The van der Waals surface area contributed by atoms with Crippen LogP contribution in [0.1, 0.15) is 37.0 Å². The van der Waals surface area contributed by atoms with Gasteiger partial charge >= 0.3 is 0 Å². The summed E-state index contributed by atoms with van der Waals surface area (Å²) in [5, 5.41) is 14.5. The molecule has 0 aliphatic carbocycles. The highest BCUT2D eigenvalue weighted by Gasteiger charge is 2.54. The molecule has 40 heavy (non-hydrogen) atoms. The third-order valence-corrected chi connectivity index (χ3v) is 9.11. The number of fused-ring (bicyclic) bond motifs is 1. The molecule has 0 spiro atoms. The van der Waals surface area contributed by atoms with Gasteiger partial charge in [-0.25, -0.2) is 13.4 Å². The molecule has 3 unspecified atom stereocenters. The summed E-state index contributed by atoms with van der Waals surface area (Å²) >= 11 is 0. The Bertz CT molecular complexity index is 1520. The van der Waals surface area contributed by atoms with Crippen molar-refractivity contribution in [2.24, 2.45) is 5.92 Å². The molecule has 0 radical (unpaired) electrons. The van der Waals surface area contributed by atoms with Crippen LogP contribution in [-0.4, -0.2) is 76.0 Å². The van der Waals surface area contributed by atoms with E-state index in [4.69, 9.17) is 0 Å². The summed E-state index contributed by atoms with van der Waals surface area (Å²) in [6.07, 6.45) is 7.81. The van der Waals surface area contributed by atoms with Crippen molar-refractivity contribution in [2.75, 3.05) is 13.1 Å². The van der Waals surface area contributed by atoms with Gasteiger partial charge in [0.05, 0.1) is 18.9 Å². The molecule has 12 nitrogen and oxygen atoms in total. The number of ketones is 1. The minimum atomic E-state index is -4.13. The topological polar surface area (TPSA) is 149 Å². The third kappa shape index (κ3) is 5.21. The summed E-state index contributed by atoms with van der Waals surface area (Å²) in [6.45, 7) is 3.64. The first-order valence-corrected chi connectivity index (χ1v) is 14.4. The molecule has 2 aliphatic heterocycles. The van der Waals surface area contributed by atoms with Crippen LogP contribution in [0.15, 0.2) is 72.4 Å². The zero-order valence-corrected chi connectivity index (χ0v) is 22.9. The van der Waals surface area contributed by atoms with E-state index in [-0.39, 0.29) is 30.3 Å². The molecule has 2 saturated heterocycles. The van der Waals surface area contributed by atoms with E-state index in [2.05, 4.69) is 10.3 Å². The fraction of sp³-hybridized carbons (Fsp3) is 0.370. The quantitative estimate of drug-likeness (QED) is 0.314. The summed E-state index contributed by atoms with van der Waals surface area (Å²) in [6, 6.07) is 6.89. The van der Waals surface area contributed by atoms with Crippen molar-refractivity contribution < 1.29 is 27.5 Å². The molecule has 210 valence electrons. The molecule has 2 amide bonds. The smallest absolute Gasteiger partial charge is 0.251 e. The number of pyridine rings is 1. The number of nitrogens with one attached hydrogen (secondary N) is 1. The summed E-state index contributed by atoms with van der Waals surface area (Å²) in [5.74, 6) is -1.18. The number of sulfonamides is 1. The van der Waals surface area contributed by atoms with Crippen LogP contribution in [-0.2, 0) is 19.6 Å². The molecular weight excluding hydrogens is 536 g/mol. The third-order valence-electron chi connectivity index (χ3n) is 7.26. The SMILES string of the molecule is CC(C)CC(NC(=O)c1ccc(-n2ccnc2)cc1)C(=O)N1CCC2C1C(=O)CN2S(=O)(=O)c1ccc[n+]([O-])c1. The van der Waals surface area contributed by atoms with E-state index in [1.54, 1.807) is 47.6 Å². The van der Waals surface area contributed by atoms with Crippen LogP contribution in [0.25, 0.3) is 5.69 Å². The van der Waals surface area contributed by atoms with Gasteiger partial charge in [0.2, 0.25) is 15.9 Å². The highest BCUT2D eigenvalue weighted by atomic mass is 32.2. The molecule has 3 aromatic rings. The molecule has 2 aliphatic rings.